The number of nitrogens with one attached hydrogen (secondary N) is 1. The fraction of sp³-hybridized carbons (Fsp3) is 1.00. The van der Waals surface area contributed by atoms with Crippen LogP contribution in [0.5, 0.6) is 0 Å². The van der Waals surface area contributed by atoms with Crippen molar-refractivity contribution >= 4 is 0 Å². The molecular formula is C15H28N2O3. The zero-order valence-corrected chi connectivity index (χ0v) is 12.5. The van der Waals surface area contributed by atoms with Gasteiger partial charge in [0.25, 0.3) is 0 Å². The second-order valence-corrected chi connectivity index (χ2v) is 6.55. The normalized spacial score (nSPS) is 43.2. The van der Waals surface area contributed by atoms with E-state index in [0.717, 1.165) is 58.5 Å². The van der Waals surface area contributed by atoms with Crippen LogP contribution >= 0.6 is 0 Å². The first-order valence-electron chi connectivity index (χ1n) is 8.07. The number of hydrogen-bond acceptors (Lipinski definition) is 5. The van der Waals surface area contributed by atoms with Crippen LogP contribution in [0, 0.1) is 11.8 Å². The molecule has 5 heteroatoms. The predicted molar refractivity (Wildman–Crippen MR) is 76.1 cm³/mol. The number of nitrogens with two attached hydrogens (primary N) is 1. The molecule has 3 aliphatic rings. The Hall–Kier alpha value is -0.200. The molecule has 0 radical (unpaired) electrons. The van der Waals surface area contributed by atoms with Crippen LogP contribution in [0.25, 0.3) is 0 Å². The van der Waals surface area contributed by atoms with Crippen molar-refractivity contribution in [1.82, 2.24) is 5.43 Å². The van der Waals surface area contributed by atoms with Gasteiger partial charge in [-0.25, -0.2) is 0 Å². The standard InChI is InChI=1S/C15H28N2O3/c1-2-13-12(4-6-19-13)14(17-16)11-3-7-20-15(9-11)5-8-18-10-15/h11-14,17H,2-10,16H2,1H3. The molecule has 3 aliphatic heterocycles. The molecule has 0 aromatic rings. The van der Waals surface area contributed by atoms with Gasteiger partial charge in [0.05, 0.1) is 18.3 Å². The van der Waals surface area contributed by atoms with Crippen molar-refractivity contribution in [3.05, 3.63) is 0 Å². The first-order chi connectivity index (χ1) is 9.78. The number of ether oxygens (including phenoxy) is 3. The maximum atomic E-state index is 6.04. The van der Waals surface area contributed by atoms with E-state index < -0.39 is 0 Å². The smallest absolute Gasteiger partial charge is 0.0939 e. The molecule has 5 nitrogen and oxygen atoms in total. The summed E-state index contributed by atoms with van der Waals surface area (Å²) in [6, 6.07) is 0.337. The van der Waals surface area contributed by atoms with Crippen molar-refractivity contribution in [2.24, 2.45) is 17.7 Å². The molecule has 20 heavy (non-hydrogen) atoms. The second kappa shape index (κ2) is 6.28. The van der Waals surface area contributed by atoms with Crippen molar-refractivity contribution in [2.75, 3.05) is 26.4 Å². The highest BCUT2D eigenvalue weighted by Crippen LogP contribution is 2.40. The molecule has 0 amide bonds. The Balaban J connectivity index is 1.69. The topological polar surface area (TPSA) is 65.7 Å². The summed E-state index contributed by atoms with van der Waals surface area (Å²) >= 11 is 0. The van der Waals surface area contributed by atoms with Crippen molar-refractivity contribution in [1.29, 1.82) is 0 Å². The molecule has 5 atom stereocenters. The van der Waals surface area contributed by atoms with E-state index in [1.54, 1.807) is 0 Å². The number of rotatable bonds is 4. The average Bonchev–Trinajstić information content (AvgIpc) is 3.10. The van der Waals surface area contributed by atoms with Crippen molar-refractivity contribution in [3.8, 4) is 0 Å². The fourth-order valence-corrected chi connectivity index (χ4v) is 4.34. The maximum absolute atomic E-state index is 6.04. The summed E-state index contributed by atoms with van der Waals surface area (Å²) in [5, 5.41) is 0. The second-order valence-electron chi connectivity index (χ2n) is 6.55. The van der Waals surface area contributed by atoms with Gasteiger partial charge in [0.1, 0.15) is 0 Å². The number of hydrazine groups is 1. The van der Waals surface area contributed by atoms with Crippen molar-refractivity contribution in [2.45, 2.75) is 56.8 Å². The summed E-state index contributed by atoms with van der Waals surface area (Å²) in [6.45, 7) is 5.49. The van der Waals surface area contributed by atoms with Gasteiger partial charge < -0.3 is 14.2 Å². The van der Waals surface area contributed by atoms with Crippen LogP contribution in [0.15, 0.2) is 0 Å². The first kappa shape index (κ1) is 14.7. The summed E-state index contributed by atoms with van der Waals surface area (Å²) in [5.74, 6) is 7.01. The van der Waals surface area contributed by atoms with Gasteiger partial charge in [-0.2, -0.15) is 0 Å². The largest absolute Gasteiger partial charge is 0.378 e. The van der Waals surface area contributed by atoms with Crippen LogP contribution in [0.4, 0.5) is 0 Å². The molecule has 0 aromatic carbocycles. The van der Waals surface area contributed by atoms with Gasteiger partial charge in [0.15, 0.2) is 0 Å². The highest BCUT2D eigenvalue weighted by Gasteiger charge is 2.46. The summed E-state index contributed by atoms with van der Waals surface area (Å²) in [5.41, 5.74) is 3.07. The third-order valence-electron chi connectivity index (χ3n) is 5.42. The lowest BCUT2D eigenvalue weighted by Crippen LogP contribution is -2.53. The minimum atomic E-state index is -0.0425. The summed E-state index contributed by atoms with van der Waals surface area (Å²) < 4.78 is 17.5. The molecule has 0 bridgehead atoms. The lowest BCUT2D eigenvalue weighted by molar-refractivity contribution is -0.107. The summed E-state index contributed by atoms with van der Waals surface area (Å²) in [7, 11) is 0. The molecule has 3 heterocycles. The summed E-state index contributed by atoms with van der Waals surface area (Å²) in [4.78, 5) is 0. The van der Waals surface area contributed by atoms with Crippen molar-refractivity contribution in [3.63, 3.8) is 0 Å². The molecular weight excluding hydrogens is 256 g/mol. The molecule has 3 rings (SSSR count). The van der Waals surface area contributed by atoms with Gasteiger partial charge in [-0.1, -0.05) is 6.92 Å². The lowest BCUT2D eigenvalue weighted by Gasteiger charge is -2.42. The maximum Gasteiger partial charge on any atom is 0.0939 e. The van der Waals surface area contributed by atoms with Crippen molar-refractivity contribution < 1.29 is 14.2 Å². The Morgan fingerprint density at radius 3 is 2.90 bits per heavy atom. The molecule has 0 aliphatic carbocycles. The molecule has 3 fully saturated rings. The zero-order valence-electron chi connectivity index (χ0n) is 12.5. The monoisotopic (exact) mass is 284 g/mol. The van der Waals surface area contributed by atoms with Gasteiger partial charge in [0, 0.05) is 38.2 Å². The SMILES string of the molecule is CCC1OCCC1C(NN)C1CCOC2(CCOC2)C1. The third-order valence-corrected chi connectivity index (χ3v) is 5.42. The Bertz CT molecular complexity index is 320. The van der Waals surface area contributed by atoms with Crippen LogP contribution in [-0.4, -0.2) is 44.2 Å². The molecule has 0 saturated carbocycles. The predicted octanol–water partition coefficient (Wildman–Crippen LogP) is 1.22. The Morgan fingerprint density at radius 1 is 1.30 bits per heavy atom. The van der Waals surface area contributed by atoms with E-state index in [2.05, 4.69) is 12.3 Å². The van der Waals surface area contributed by atoms with Crippen LogP contribution in [-0.2, 0) is 14.2 Å². The molecule has 3 saturated heterocycles. The molecule has 116 valence electrons. The molecule has 5 unspecified atom stereocenters. The van der Waals surface area contributed by atoms with Crippen LogP contribution in [0.3, 0.4) is 0 Å². The Kier molecular flexibility index (Phi) is 4.62. The molecule has 1 spiro atoms. The van der Waals surface area contributed by atoms with E-state index in [4.69, 9.17) is 20.1 Å². The minimum Gasteiger partial charge on any atom is -0.378 e. The quantitative estimate of drug-likeness (QED) is 0.600. The van der Waals surface area contributed by atoms with Gasteiger partial charge >= 0.3 is 0 Å². The van der Waals surface area contributed by atoms with E-state index in [1.165, 1.54) is 0 Å². The highest BCUT2D eigenvalue weighted by atomic mass is 16.6. The van der Waals surface area contributed by atoms with Crippen LogP contribution < -0.4 is 11.3 Å². The first-order valence-corrected chi connectivity index (χ1v) is 8.07. The van der Waals surface area contributed by atoms with Gasteiger partial charge in [-0.05, 0) is 31.6 Å². The average molecular weight is 284 g/mol. The van der Waals surface area contributed by atoms with Crippen LogP contribution in [0.2, 0.25) is 0 Å². The van der Waals surface area contributed by atoms with Gasteiger partial charge in [-0.15, -0.1) is 0 Å². The van der Waals surface area contributed by atoms with E-state index in [-0.39, 0.29) is 5.60 Å². The van der Waals surface area contributed by atoms with Gasteiger partial charge in [0.2, 0.25) is 0 Å². The fourth-order valence-electron chi connectivity index (χ4n) is 4.34. The molecule has 3 N–H and O–H groups in total. The lowest BCUT2D eigenvalue weighted by atomic mass is 9.75. The minimum absolute atomic E-state index is 0.0425. The van der Waals surface area contributed by atoms with E-state index in [0.29, 0.717) is 24.0 Å². The zero-order chi connectivity index (χ0) is 14.0. The molecule has 0 aromatic heterocycles. The van der Waals surface area contributed by atoms with E-state index in [1.807, 2.05) is 0 Å². The summed E-state index contributed by atoms with van der Waals surface area (Å²) in [6.07, 6.45) is 5.72. The Labute approximate surface area is 121 Å². The van der Waals surface area contributed by atoms with Gasteiger partial charge in [-0.3, -0.25) is 11.3 Å². The Morgan fingerprint density at radius 2 is 2.20 bits per heavy atom. The van der Waals surface area contributed by atoms with Crippen LogP contribution in [0.1, 0.15) is 39.0 Å². The van der Waals surface area contributed by atoms with E-state index in [9.17, 15) is 0 Å². The number of hydrogen-bond donors (Lipinski definition) is 2. The van der Waals surface area contributed by atoms with E-state index >= 15 is 0 Å². The highest BCUT2D eigenvalue weighted by molar-refractivity contribution is 4.97. The third kappa shape index (κ3) is 2.74.